The third-order valence-corrected chi connectivity index (χ3v) is 3.77. The minimum Gasteiger partial charge on any atom is -0.352 e. The Morgan fingerprint density at radius 2 is 1.59 bits per heavy atom. The first kappa shape index (κ1) is 18.2. The van der Waals surface area contributed by atoms with E-state index in [1.807, 2.05) is 26.0 Å². The molecular weight excluding hydrogens is 276 g/mol. The van der Waals surface area contributed by atoms with Crippen LogP contribution in [0.25, 0.3) is 0 Å². The summed E-state index contributed by atoms with van der Waals surface area (Å²) in [6.45, 7) is 10.5. The van der Waals surface area contributed by atoms with Gasteiger partial charge in [-0.25, -0.2) is 0 Å². The van der Waals surface area contributed by atoms with Crippen molar-refractivity contribution >= 4 is 11.8 Å². The quantitative estimate of drug-likeness (QED) is 0.848. The zero-order chi connectivity index (χ0) is 16.8. The fourth-order valence-electron chi connectivity index (χ4n) is 2.16. The number of carbonyl (C=O) groups excluding carboxylic acids is 2. The molecule has 2 N–H and O–H groups in total. The Hall–Kier alpha value is -1.84. The second-order valence-electron chi connectivity index (χ2n) is 6.59. The standard InChI is InChI=1S/C18H28N2O2/c1-6-15(7-2)20-16(21)12-19-17(22)13-8-10-14(11-9-13)18(3,4)5/h8-11,15H,6-7,12H2,1-5H3,(H,19,22)(H,20,21). The Morgan fingerprint density at radius 1 is 1.05 bits per heavy atom. The van der Waals surface area contributed by atoms with E-state index in [9.17, 15) is 9.59 Å². The van der Waals surface area contributed by atoms with Crippen LogP contribution >= 0.6 is 0 Å². The number of nitrogens with one attached hydrogen (secondary N) is 2. The monoisotopic (exact) mass is 304 g/mol. The van der Waals surface area contributed by atoms with E-state index in [-0.39, 0.29) is 29.8 Å². The number of benzene rings is 1. The largest absolute Gasteiger partial charge is 0.352 e. The van der Waals surface area contributed by atoms with Gasteiger partial charge in [0.15, 0.2) is 0 Å². The molecule has 0 spiro atoms. The predicted octanol–water partition coefficient (Wildman–Crippen LogP) is 3.02. The molecule has 0 bridgehead atoms. The van der Waals surface area contributed by atoms with Gasteiger partial charge in [-0.15, -0.1) is 0 Å². The summed E-state index contributed by atoms with van der Waals surface area (Å²) in [6, 6.07) is 7.69. The van der Waals surface area contributed by atoms with Gasteiger partial charge in [0.2, 0.25) is 5.91 Å². The van der Waals surface area contributed by atoms with Gasteiger partial charge in [0.1, 0.15) is 0 Å². The maximum absolute atomic E-state index is 12.0. The Morgan fingerprint density at radius 3 is 2.05 bits per heavy atom. The molecule has 0 aliphatic rings. The summed E-state index contributed by atoms with van der Waals surface area (Å²) in [7, 11) is 0. The number of hydrogen-bond acceptors (Lipinski definition) is 2. The molecule has 0 fully saturated rings. The molecule has 0 saturated carbocycles. The molecule has 0 aliphatic carbocycles. The van der Waals surface area contributed by atoms with Gasteiger partial charge in [-0.3, -0.25) is 9.59 Å². The Kier molecular flexibility index (Phi) is 6.60. The van der Waals surface area contributed by atoms with Crippen molar-refractivity contribution in [3.63, 3.8) is 0 Å². The molecule has 0 aliphatic heterocycles. The van der Waals surface area contributed by atoms with Gasteiger partial charge in [-0.05, 0) is 36.0 Å². The van der Waals surface area contributed by atoms with Gasteiger partial charge >= 0.3 is 0 Å². The molecule has 1 rings (SSSR count). The van der Waals surface area contributed by atoms with E-state index in [1.165, 1.54) is 5.56 Å². The van der Waals surface area contributed by atoms with Gasteiger partial charge in [0, 0.05) is 11.6 Å². The summed E-state index contributed by atoms with van der Waals surface area (Å²) in [5.41, 5.74) is 1.81. The van der Waals surface area contributed by atoms with Crippen LogP contribution in [0.1, 0.15) is 63.4 Å². The molecule has 0 atom stereocenters. The highest BCUT2D eigenvalue weighted by Crippen LogP contribution is 2.22. The second-order valence-corrected chi connectivity index (χ2v) is 6.59. The first-order valence-corrected chi connectivity index (χ1v) is 7.96. The normalized spacial score (nSPS) is 11.4. The number of amides is 2. The third kappa shape index (κ3) is 5.51. The van der Waals surface area contributed by atoms with E-state index in [1.54, 1.807) is 12.1 Å². The highest BCUT2D eigenvalue weighted by atomic mass is 16.2. The Balaban J connectivity index is 2.54. The minimum absolute atomic E-state index is 0.0103. The molecule has 0 aromatic heterocycles. The second kappa shape index (κ2) is 7.97. The summed E-state index contributed by atoms with van der Waals surface area (Å²) in [4.78, 5) is 23.8. The lowest BCUT2D eigenvalue weighted by Gasteiger charge is -2.19. The predicted molar refractivity (Wildman–Crippen MR) is 90.0 cm³/mol. The van der Waals surface area contributed by atoms with Crippen molar-refractivity contribution in [3.8, 4) is 0 Å². The van der Waals surface area contributed by atoms with Crippen LogP contribution < -0.4 is 10.6 Å². The highest BCUT2D eigenvalue weighted by Gasteiger charge is 2.15. The van der Waals surface area contributed by atoms with Crippen molar-refractivity contribution in [2.45, 2.75) is 58.9 Å². The van der Waals surface area contributed by atoms with Crippen LogP contribution in [0.5, 0.6) is 0 Å². The van der Waals surface area contributed by atoms with Gasteiger partial charge in [-0.2, -0.15) is 0 Å². The van der Waals surface area contributed by atoms with Gasteiger partial charge in [-0.1, -0.05) is 46.8 Å². The topological polar surface area (TPSA) is 58.2 Å². The van der Waals surface area contributed by atoms with Crippen LogP contribution in [0, 0.1) is 0 Å². The maximum Gasteiger partial charge on any atom is 0.251 e. The van der Waals surface area contributed by atoms with Crippen molar-refractivity contribution in [1.82, 2.24) is 10.6 Å². The third-order valence-electron chi connectivity index (χ3n) is 3.77. The molecule has 4 heteroatoms. The van der Waals surface area contributed by atoms with Gasteiger partial charge in [0.25, 0.3) is 5.91 Å². The molecular formula is C18H28N2O2. The average molecular weight is 304 g/mol. The summed E-state index contributed by atoms with van der Waals surface area (Å²) in [5, 5.41) is 5.56. The van der Waals surface area contributed by atoms with Crippen molar-refractivity contribution in [2.24, 2.45) is 0 Å². The van der Waals surface area contributed by atoms with E-state index < -0.39 is 0 Å². The number of hydrogen-bond donors (Lipinski definition) is 2. The molecule has 0 saturated heterocycles. The summed E-state index contributed by atoms with van der Waals surface area (Å²) >= 11 is 0. The van der Waals surface area contributed by atoms with E-state index in [4.69, 9.17) is 0 Å². The number of carbonyl (C=O) groups is 2. The molecule has 1 aromatic carbocycles. The SMILES string of the molecule is CCC(CC)NC(=O)CNC(=O)c1ccc(C(C)(C)C)cc1. The fourth-order valence-corrected chi connectivity index (χ4v) is 2.16. The summed E-state index contributed by atoms with van der Waals surface area (Å²) in [6.07, 6.45) is 1.79. The molecule has 0 heterocycles. The lowest BCUT2D eigenvalue weighted by molar-refractivity contribution is -0.120. The highest BCUT2D eigenvalue weighted by molar-refractivity contribution is 5.96. The van der Waals surface area contributed by atoms with Crippen LogP contribution in [0.3, 0.4) is 0 Å². The van der Waals surface area contributed by atoms with E-state index in [2.05, 4.69) is 31.4 Å². The van der Waals surface area contributed by atoms with Crippen molar-refractivity contribution in [1.29, 1.82) is 0 Å². The van der Waals surface area contributed by atoms with Gasteiger partial charge in [0.05, 0.1) is 6.54 Å². The Bertz CT molecular complexity index is 497. The fraction of sp³-hybridized carbons (Fsp3) is 0.556. The maximum atomic E-state index is 12.0. The molecule has 22 heavy (non-hydrogen) atoms. The number of rotatable bonds is 6. The Labute approximate surface area is 133 Å². The average Bonchev–Trinajstić information content (AvgIpc) is 2.49. The smallest absolute Gasteiger partial charge is 0.251 e. The molecule has 4 nitrogen and oxygen atoms in total. The molecule has 122 valence electrons. The van der Waals surface area contributed by atoms with E-state index >= 15 is 0 Å². The zero-order valence-electron chi connectivity index (χ0n) is 14.3. The van der Waals surface area contributed by atoms with E-state index in [0.717, 1.165) is 12.8 Å². The summed E-state index contributed by atoms with van der Waals surface area (Å²) < 4.78 is 0. The first-order valence-electron chi connectivity index (χ1n) is 7.96. The lowest BCUT2D eigenvalue weighted by Crippen LogP contribution is -2.41. The van der Waals surface area contributed by atoms with Crippen molar-refractivity contribution in [3.05, 3.63) is 35.4 Å². The minimum atomic E-state index is -0.222. The first-order chi connectivity index (χ1) is 10.3. The van der Waals surface area contributed by atoms with Crippen LogP contribution in [0.4, 0.5) is 0 Å². The molecule has 0 radical (unpaired) electrons. The van der Waals surface area contributed by atoms with Crippen molar-refractivity contribution < 1.29 is 9.59 Å². The molecule has 2 amide bonds. The molecule has 0 unspecified atom stereocenters. The van der Waals surface area contributed by atoms with E-state index in [0.29, 0.717) is 5.56 Å². The lowest BCUT2D eigenvalue weighted by atomic mass is 9.87. The van der Waals surface area contributed by atoms with Crippen molar-refractivity contribution in [2.75, 3.05) is 6.54 Å². The molecule has 1 aromatic rings. The van der Waals surface area contributed by atoms with Crippen LogP contribution in [0.2, 0.25) is 0 Å². The summed E-state index contributed by atoms with van der Waals surface area (Å²) in [5.74, 6) is -0.367. The van der Waals surface area contributed by atoms with Crippen LogP contribution in [-0.4, -0.2) is 24.4 Å². The van der Waals surface area contributed by atoms with Crippen LogP contribution in [0.15, 0.2) is 24.3 Å². The zero-order valence-corrected chi connectivity index (χ0v) is 14.3. The van der Waals surface area contributed by atoms with Gasteiger partial charge < -0.3 is 10.6 Å². The van der Waals surface area contributed by atoms with Crippen LogP contribution in [-0.2, 0) is 10.2 Å².